The average molecular weight is 255 g/mol. The van der Waals surface area contributed by atoms with Crippen molar-refractivity contribution >= 4 is 5.91 Å². The van der Waals surface area contributed by atoms with Crippen molar-refractivity contribution < 1.29 is 4.79 Å². The molecule has 106 valence electrons. The summed E-state index contributed by atoms with van der Waals surface area (Å²) < 4.78 is 0. The van der Waals surface area contributed by atoms with Crippen LogP contribution in [-0.2, 0) is 4.79 Å². The summed E-state index contributed by atoms with van der Waals surface area (Å²) >= 11 is 0. The fourth-order valence-electron chi connectivity index (χ4n) is 2.56. The lowest BCUT2D eigenvalue weighted by atomic mass is 9.94. The minimum atomic E-state index is 0.108. The molecule has 0 aromatic heterocycles. The molecule has 0 radical (unpaired) electrons. The molecule has 1 rings (SSSR count). The molecule has 1 aliphatic rings. The van der Waals surface area contributed by atoms with Crippen LogP contribution in [0.3, 0.4) is 0 Å². The van der Waals surface area contributed by atoms with Crippen molar-refractivity contribution in [3.05, 3.63) is 0 Å². The first-order chi connectivity index (χ1) is 8.74. The van der Waals surface area contributed by atoms with Crippen LogP contribution < -0.4 is 10.6 Å². The molecule has 0 heterocycles. The number of rotatable bonds is 8. The van der Waals surface area contributed by atoms with E-state index in [1.54, 1.807) is 0 Å². The molecule has 18 heavy (non-hydrogen) atoms. The minimum absolute atomic E-state index is 0.108. The van der Waals surface area contributed by atoms with E-state index in [-0.39, 0.29) is 5.91 Å². The third kappa shape index (κ3) is 6.36. The monoisotopic (exact) mass is 255 g/mol. The van der Waals surface area contributed by atoms with Gasteiger partial charge < -0.3 is 15.5 Å². The smallest absolute Gasteiger partial charge is 0.233 e. The van der Waals surface area contributed by atoms with Crippen LogP contribution in [-0.4, -0.2) is 50.1 Å². The number of nitrogens with zero attached hydrogens (tertiary/aromatic N) is 1. The zero-order valence-electron chi connectivity index (χ0n) is 12.0. The number of amides is 1. The van der Waals surface area contributed by atoms with Crippen LogP contribution in [0.25, 0.3) is 0 Å². The van der Waals surface area contributed by atoms with Gasteiger partial charge in [0.05, 0.1) is 6.54 Å². The predicted octanol–water partition coefficient (Wildman–Crippen LogP) is 1.37. The molecule has 0 spiro atoms. The van der Waals surface area contributed by atoms with Crippen molar-refractivity contribution in [1.29, 1.82) is 0 Å². The highest BCUT2D eigenvalue weighted by molar-refractivity contribution is 5.77. The van der Waals surface area contributed by atoms with Gasteiger partial charge in [-0.05, 0) is 39.4 Å². The Morgan fingerprint density at radius 3 is 2.67 bits per heavy atom. The first kappa shape index (κ1) is 15.4. The molecular weight excluding hydrogens is 226 g/mol. The third-order valence-corrected chi connectivity index (χ3v) is 3.74. The van der Waals surface area contributed by atoms with Crippen LogP contribution in [0.1, 0.15) is 45.4 Å². The minimum Gasteiger partial charge on any atom is -0.355 e. The van der Waals surface area contributed by atoms with Crippen molar-refractivity contribution in [1.82, 2.24) is 15.5 Å². The van der Waals surface area contributed by atoms with Gasteiger partial charge in [0.15, 0.2) is 0 Å². The molecule has 0 aromatic carbocycles. The van der Waals surface area contributed by atoms with Crippen LogP contribution >= 0.6 is 0 Å². The molecule has 0 aliphatic heterocycles. The Balaban J connectivity index is 2.01. The molecule has 1 amide bonds. The van der Waals surface area contributed by atoms with Crippen LogP contribution in [0.4, 0.5) is 0 Å². The summed E-state index contributed by atoms with van der Waals surface area (Å²) in [5, 5.41) is 5.97. The fourth-order valence-corrected chi connectivity index (χ4v) is 2.56. The third-order valence-electron chi connectivity index (χ3n) is 3.74. The second-order valence-electron chi connectivity index (χ2n) is 5.26. The van der Waals surface area contributed by atoms with E-state index in [1.807, 2.05) is 6.92 Å². The largest absolute Gasteiger partial charge is 0.355 e. The molecule has 4 heteroatoms. The van der Waals surface area contributed by atoms with Gasteiger partial charge in [-0.25, -0.2) is 0 Å². The van der Waals surface area contributed by atoms with Gasteiger partial charge in [0, 0.05) is 12.6 Å². The Bertz CT molecular complexity index is 227. The normalized spacial score (nSPS) is 17.1. The quantitative estimate of drug-likeness (QED) is 0.644. The number of likely N-dealkylation sites (N-methyl/N-ethyl adjacent to an activating group) is 1. The number of hydrogen-bond donors (Lipinski definition) is 2. The summed E-state index contributed by atoms with van der Waals surface area (Å²) in [6.07, 6.45) is 7.92. The Morgan fingerprint density at radius 1 is 1.28 bits per heavy atom. The highest BCUT2D eigenvalue weighted by atomic mass is 16.1. The van der Waals surface area contributed by atoms with Gasteiger partial charge in [-0.3, -0.25) is 4.79 Å². The lowest BCUT2D eigenvalue weighted by Crippen LogP contribution is -2.37. The van der Waals surface area contributed by atoms with Crippen molar-refractivity contribution in [2.24, 2.45) is 0 Å². The van der Waals surface area contributed by atoms with Gasteiger partial charge in [-0.1, -0.05) is 26.2 Å². The van der Waals surface area contributed by atoms with E-state index in [0.29, 0.717) is 6.54 Å². The molecule has 2 N–H and O–H groups in total. The van der Waals surface area contributed by atoms with Gasteiger partial charge >= 0.3 is 0 Å². The Morgan fingerprint density at radius 2 is 2.00 bits per heavy atom. The summed E-state index contributed by atoms with van der Waals surface area (Å²) in [5.41, 5.74) is 0. The van der Waals surface area contributed by atoms with E-state index in [1.165, 1.54) is 32.1 Å². The number of carbonyl (C=O) groups is 1. The predicted molar refractivity (Wildman–Crippen MR) is 75.7 cm³/mol. The van der Waals surface area contributed by atoms with E-state index >= 15 is 0 Å². The molecular formula is C14H29N3O. The van der Waals surface area contributed by atoms with E-state index in [4.69, 9.17) is 0 Å². The molecule has 0 atom stereocenters. The van der Waals surface area contributed by atoms with Crippen LogP contribution in [0.2, 0.25) is 0 Å². The SMILES string of the molecule is CCNCC(=O)NCCCN(C)C1CCCCC1. The molecule has 4 nitrogen and oxygen atoms in total. The average Bonchev–Trinajstić information content (AvgIpc) is 2.42. The van der Waals surface area contributed by atoms with E-state index < -0.39 is 0 Å². The first-order valence-electron chi connectivity index (χ1n) is 7.41. The summed E-state index contributed by atoms with van der Waals surface area (Å²) in [6, 6.07) is 0.774. The highest BCUT2D eigenvalue weighted by Gasteiger charge is 2.17. The molecule has 1 aliphatic carbocycles. The second kappa shape index (κ2) is 9.34. The maximum Gasteiger partial charge on any atom is 0.233 e. The summed E-state index contributed by atoms with van der Waals surface area (Å²) in [4.78, 5) is 13.8. The zero-order chi connectivity index (χ0) is 13.2. The summed E-state index contributed by atoms with van der Waals surface area (Å²) in [7, 11) is 2.22. The molecule has 0 saturated heterocycles. The lowest BCUT2D eigenvalue weighted by Gasteiger charge is -2.31. The van der Waals surface area contributed by atoms with Gasteiger partial charge in [0.25, 0.3) is 0 Å². The maximum atomic E-state index is 11.4. The number of carbonyl (C=O) groups excluding carboxylic acids is 1. The van der Waals surface area contributed by atoms with Crippen molar-refractivity contribution in [2.45, 2.75) is 51.5 Å². The molecule has 0 bridgehead atoms. The fraction of sp³-hybridized carbons (Fsp3) is 0.929. The number of nitrogens with one attached hydrogen (secondary N) is 2. The molecule has 0 aromatic rings. The zero-order valence-corrected chi connectivity index (χ0v) is 12.0. The molecule has 1 fully saturated rings. The van der Waals surface area contributed by atoms with Crippen LogP contribution in [0.5, 0.6) is 0 Å². The first-order valence-corrected chi connectivity index (χ1v) is 7.41. The van der Waals surface area contributed by atoms with Crippen molar-refractivity contribution in [3.8, 4) is 0 Å². The van der Waals surface area contributed by atoms with Crippen LogP contribution in [0, 0.1) is 0 Å². The summed E-state index contributed by atoms with van der Waals surface area (Å²) in [5.74, 6) is 0.108. The maximum absolute atomic E-state index is 11.4. The van der Waals surface area contributed by atoms with E-state index in [2.05, 4.69) is 22.6 Å². The number of hydrogen-bond acceptors (Lipinski definition) is 3. The van der Waals surface area contributed by atoms with Gasteiger partial charge in [-0.2, -0.15) is 0 Å². The Kier molecular flexibility index (Phi) is 8.01. The summed E-state index contributed by atoms with van der Waals surface area (Å²) in [6.45, 7) is 5.17. The topological polar surface area (TPSA) is 44.4 Å². The van der Waals surface area contributed by atoms with Crippen molar-refractivity contribution in [3.63, 3.8) is 0 Å². The molecule has 0 unspecified atom stereocenters. The second-order valence-corrected chi connectivity index (χ2v) is 5.26. The van der Waals surface area contributed by atoms with E-state index in [9.17, 15) is 4.79 Å². The van der Waals surface area contributed by atoms with Gasteiger partial charge in [-0.15, -0.1) is 0 Å². The molecule has 1 saturated carbocycles. The standard InChI is InChI=1S/C14H29N3O/c1-3-15-12-14(18)16-10-7-11-17(2)13-8-5-4-6-9-13/h13,15H,3-12H2,1-2H3,(H,16,18). The van der Waals surface area contributed by atoms with Gasteiger partial charge in [0.1, 0.15) is 0 Å². The highest BCUT2D eigenvalue weighted by Crippen LogP contribution is 2.21. The Labute approximate surface area is 111 Å². The van der Waals surface area contributed by atoms with Gasteiger partial charge in [0.2, 0.25) is 5.91 Å². The van der Waals surface area contributed by atoms with Crippen molar-refractivity contribution in [2.75, 3.05) is 33.2 Å². The van der Waals surface area contributed by atoms with E-state index in [0.717, 1.165) is 32.1 Å². The van der Waals surface area contributed by atoms with Crippen LogP contribution in [0.15, 0.2) is 0 Å². The Hall–Kier alpha value is -0.610. The lowest BCUT2D eigenvalue weighted by molar-refractivity contribution is -0.120.